The van der Waals surface area contributed by atoms with Crippen LogP contribution in [0, 0.1) is 0 Å². The van der Waals surface area contributed by atoms with E-state index in [-0.39, 0.29) is 6.04 Å². The summed E-state index contributed by atoms with van der Waals surface area (Å²) in [5.74, 6) is 0. The van der Waals surface area contributed by atoms with Gasteiger partial charge in [0.2, 0.25) is 0 Å². The SMILES string of the molecule is CCn1cncc1CNC(c1ccccc1)c1cccs1. The van der Waals surface area contributed by atoms with Gasteiger partial charge in [-0.3, -0.25) is 5.32 Å². The van der Waals surface area contributed by atoms with Gasteiger partial charge >= 0.3 is 0 Å². The molecular weight excluding hydrogens is 278 g/mol. The summed E-state index contributed by atoms with van der Waals surface area (Å²) in [6, 6.07) is 15.1. The van der Waals surface area contributed by atoms with Crippen LogP contribution >= 0.6 is 11.3 Å². The molecule has 2 heterocycles. The van der Waals surface area contributed by atoms with Gasteiger partial charge in [0.1, 0.15) is 0 Å². The normalized spacial score (nSPS) is 12.4. The Labute approximate surface area is 129 Å². The smallest absolute Gasteiger partial charge is 0.0948 e. The van der Waals surface area contributed by atoms with Crippen LogP contribution in [-0.4, -0.2) is 9.55 Å². The lowest BCUT2D eigenvalue weighted by atomic mass is 10.1. The summed E-state index contributed by atoms with van der Waals surface area (Å²) in [4.78, 5) is 5.57. The van der Waals surface area contributed by atoms with Gasteiger partial charge in [0.25, 0.3) is 0 Å². The fourth-order valence-electron chi connectivity index (χ4n) is 2.47. The zero-order chi connectivity index (χ0) is 14.5. The van der Waals surface area contributed by atoms with Crippen LogP contribution in [0.3, 0.4) is 0 Å². The molecular formula is C17H19N3S. The number of thiophene rings is 1. The van der Waals surface area contributed by atoms with Gasteiger partial charge in [-0.05, 0) is 23.9 Å². The van der Waals surface area contributed by atoms with E-state index in [1.807, 2.05) is 12.5 Å². The number of hydrogen-bond acceptors (Lipinski definition) is 3. The van der Waals surface area contributed by atoms with Crippen molar-refractivity contribution in [1.29, 1.82) is 0 Å². The number of hydrogen-bond donors (Lipinski definition) is 1. The first kappa shape index (κ1) is 14.0. The predicted molar refractivity (Wildman–Crippen MR) is 87.3 cm³/mol. The van der Waals surface area contributed by atoms with Crippen LogP contribution < -0.4 is 5.32 Å². The zero-order valence-electron chi connectivity index (χ0n) is 12.1. The number of aryl methyl sites for hydroxylation is 1. The summed E-state index contributed by atoms with van der Waals surface area (Å²) in [5, 5.41) is 5.79. The molecule has 0 bridgehead atoms. The van der Waals surface area contributed by atoms with Crippen molar-refractivity contribution in [2.75, 3.05) is 0 Å². The summed E-state index contributed by atoms with van der Waals surface area (Å²) in [6.07, 6.45) is 3.83. The van der Waals surface area contributed by atoms with Crippen LogP contribution in [0.15, 0.2) is 60.4 Å². The van der Waals surface area contributed by atoms with Gasteiger partial charge in [-0.1, -0.05) is 36.4 Å². The van der Waals surface area contributed by atoms with Crippen LogP contribution in [0.5, 0.6) is 0 Å². The second-order valence-electron chi connectivity index (χ2n) is 4.91. The molecule has 1 N–H and O–H groups in total. The third kappa shape index (κ3) is 3.23. The molecule has 1 unspecified atom stereocenters. The van der Waals surface area contributed by atoms with Crippen LogP contribution in [0.4, 0.5) is 0 Å². The van der Waals surface area contributed by atoms with Crippen molar-refractivity contribution in [3.05, 3.63) is 76.5 Å². The van der Waals surface area contributed by atoms with Gasteiger partial charge in [-0.2, -0.15) is 0 Å². The van der Waals surface area contributed by atoms with Crippen molar-refractivity contribution in [2.45, 2.75) is 26.1 Å². The first-order valence-corrected chi connectivity index (χ1v) is 8.07. The van der Waals surface area contributed by atoms with E-state index >= 15 is 0 Å². The lowest BCUT2D eigenvalue weighted by Crippen LogP contribution is -2.22. The maximum Gasteiger partial charge on any atom is 0.0948 e. The Bertz CT molecular complexity index is 658. The number of rotatable bonds is 6. The summed E-state index contributed by atoms with van der Waals surface area (Å²) in [6.45, 7) is 3.90. The van der Waals surface area contributed by atoms with E-state index in [1.54, 1.807) is 11.3 Å². The number of imidazole rings is 1. The van der Waals surface area contributed by atoms with Gasteiger partial charge in [0.05, 0.1) is 18.1 Å². The molecule has 0 spiro atoms. The molecule has 0 aliphatic carbocycles. The average Bonchev–Trinajstić information content (AvgIpc) is 3.20. The highest BCUT2D eigenvalue weighted by atomic mass is 32.1. The number of aromatic nitrogens is 2. The molecule has 0 saturated carbocycles. The fraction of sp³-hybridized carbons (Fsp3) is 0.235. The second-order valence-corrected chi connectivity index (χ2v) is 5.89. The molecule has 0 aliphatic rings. The van der Waals surface area contributed by atoms with Crippen LogP contribution in [0.2, 0.25) is 0 Å². The maximum atomic E-state index is 4.23. The minimum absolute atomic E-state index is 0.228. The standard InChI is InChI=1S/C17H19N3S/c1-2-20-13-18-11-15(20)12-19-17(16-9-6-10-21-16)14-7-4-3-5-8-14/h3-11,13,17,19H,2,12H2,1H3. The van der Waals surface area contributed by atoms with Crippen molar-refractivity contribution < 1.29 is 0 Å². The van der Waals surface area contributed by atoms with E-state index in [0.717, 1.165) is 13.1 Å². The molecule has 0 radical (unpaired) electrons. The summed E-state index contributed by atoms with van der Waals surface area (Å²) >= 11 is 1.79. The molecule has 1 atom stereocenters. The molecule has 0 fully saturated rings. The van der Waals surface area contributed by atoms with E-state index in [0.29, 0.717) is 0 Å². The molecule has 2 aromatic heterocycles. The average molecular weight is 297 g/mol. The molecule has 0 saturated heterocycles. The van der Waals surface area contributed by atoms with Crippen molar-refractivity contribution in [3.63, 3.8) is 0 Å². The fourth-order valence-corrected chi connectivity index (χ4v) is 3.30. The van der Waals surface area contributed by atoms with Crippen LogP contribution in [-0.2, 0) is 13.1 Å². The Morgan fingerprint density at radius 3 is 2.76 bits per heavy atom. The summed E-state index contributed by atoms with van der Waals surface area (Å²) in [5.41, 5.74) is 2.51. The molecule has 0 aliphatic heterocycles. The maximum absolute atomic E-state index is 4.23. The van der Waals surface area contributed by atoms with Gasteiger partial charge in [0, 0.05) is 24.2 Å². The van der Waals surface area contributed by atoms with Crippen molar-refractivity contribution >= 4 is 11.3 Å². The minimum atomic E-state index is 0.228. The Morgan fingerprint density at radius 1 is 1.19 bits per heavy atom. The molecule has 1 aromatic carbocycles. The lowest BCUT2D eigenvalue weighted by molar-refractivity contribution is 0.579. The van der Waals surface area contributed by atoms with E-state index < -0.39 is 0 Å². The summed E-state index contributed by atoms with van der Waals surface area (Å²) < 4.78 is 2.17. The van der Waals surface area contributed by atoms with Gasteiger partial charge < -0.3 is 4.57 Å². The molecule has 0 amide bonds. The first-order chi connectivity index (χ1) is 10.4. The monoisotopic (exact) mass is 297 g/mol. The minimum Gasteiger partial charge on any atom is -0.334 e. The highest BCUT2D eigenvalue weighted by Gasteiger charge is 2.15. The topological polar surface area (TPSA) is 29.9 Å². The van der Waals surface area contributed by atoms with E-state index in [9.17, 15) is 0 Å². The Kier molecular flexibility index (Phi) is 4.48. The zero-order valence-corrected chi connectivity index (χ0v) is 12.9. The molecule has 4 heteroatoms. The van der Waals surface area contributed by atoms with Crippen LogP contribution in [0.25, 0.3) is 0 Å². The number of nitrogens with one attached hydrogen (secondary N) is 1. The third-order valence-corrected chi connectivity index (χ3v) is 4.52. The quantitative estimate of drug-likeness (QED) is 0.749. The predicted octanol–water partition coefficient (Wildman–Crippen LogP) is 3.84. The van der Waals surface area contributed by atoms with Gasteiger partial charge in [0.15, 0.2) is 0 Å². The highest BCUT2D eigenvalue weighted by molar-refractivity contribution is 7.10. The molecule has 3 rings (SSSR count). The Morgan fingerprint density at radius 2 is 2.05 bits per heavy atom. The molecule has 21 heavy (non-hydrogen) atoms. The summed E-state index contributed by atoms with van der Waals surface area (Å²) in [7, 11) is 0. The van der Waals surface area contributed by atoms with Crippen molar-refractivity contribution in [3.8, 4) is 0 Å². The molecule has 3 nitrogen and oxygen atoms in total. The molecule has 108 valence electrons. The van der Waals surface area contributed by atoms with E-state index in [1.165, 1.54) is 16.1 Å². The second kappa shape index (κ2) is 6.70. The third-order valence-electron chi connectivity index (χ3n) is 3.59. The number of nitrogens with zero attached hydrogens (tertiary/aromatic N) is 2. The van der Waals surface area contributed by atoms with E-state index in [2.05, 4.69) is 69.6 Å². The number of benzene rings is 1. The van der Waals surface area contributed by atoms with Crippen LogP contribution in [0.1, 0.15) is 29.1 Å². The largest absolute Gasteiger partial charge is 0.334 e. The first-order valence-electron chi connectivity index (χ1n) is 7.19. The molecule has 3 aromatic rings. The lowest BCUT2D eigenvalue weighted by Gasteiger charge is -2.18. The van der Waals surface area contributed by atoms with Gasteiger partial charge in [-0.25, -0.2) is 4.98 Å². The van der Waals surface area contributed by atoms with Gasteiger partial charge in [-0.15, -0.1) is 11.3 Å². The van der Waals surface area contributed by atoms with Crippen molar-refractivity contribution in [2.24, 2.45) is 0 Å². The van der Waals surface area contributed by atoms with Crippen molar-refractivity contribution in [1.82, 2.24) is 14.9 Å². The Balaban J connectivity index is 1.80. The Hall–Kier alpha value is -1.91. The highest BCUT2D eigenvalue weighted by Crippen LogP contribution is 2.26. The van der Waals surface area contributed by atoms with E-state index in [4.69, 9.17) is 0 Å².